The van der Waals surface area contributed by atoms with Crippen molar-refractivity contribution in [2.45, 2.75) is 44.7 Å². The maximum Gasteiger partial charge on any atom is 0.107 e. The number of nitrogens with zero attached hydrogens (tertiary/aromatic N) is 1. The fourth-order valence-electron chi connectivity index (χ4n) is 1.76. The molecule has 1 heterocycles. The molecule has 0 saturated carbocycles. The molecule has 0 aromatic heterocycles. The molecule has 13 heavy (non-hydrogen) atoms. The summed E-state index contributed by atoms with van der Waals surface area (Å²) in [6, 6.07) is 0. The second kappa shape index (κ2) is 3.30. The lowest BCUT2D eigenvalue weighted by Crippen LogP contribution is -2.45. The molecule has 1 fully saturated rings. The smallest absolute Gasteiger partial charge is 0.107 e. The molecule has 1 unspecified atom stereocenters. The van der Waals surface area contributed by atoms with Gasteiger partial charge in [0.2, 0.25) is 0 Å². The highest BCUT2D eigenvalue weighted by Gasteiger charge is 2.47. The van der Waals surface area contributed by atoms with Crippen molar-refractivity contribution in [2.24, 2.45) is 0 Å². The van der Waals surface area contributed by atoms with Gasteiger partial charge < -0.3 is 5.11 Å². The maximum absolute atomic E-state index is 11.8. The van der Waals surface area contributed by atoms with Gasteiger partial charge in [0.15, 0.2) is 0 Å². The average molecular weight is 182 g/mol. The normalized spacial score (nSPS) is 32.7. The fraction of sp³-hybridized carbons (Fsp3) is 0.800. The topological polar surface area (TPSA) is 43.4 Å². The first-order valence-electron chi connectivity index (χ1n) is 4.51. The van der Waals surface area contributed by atoms with E-state index in [-0.39, 0.29) is 12.1 Å². The van der Waals surface area contributed by atoms with Crippen molar-refractivity contribution in [2.75, 3.05) is 6.61 Å². The van der Waals surface area contributed by atoms with Crippen LogP contribution in [0.15, 0.2) is 0 Å². The van der Waals surface area contributed by atoms with Crippen molar-refractivity contribution in [3.05, 3.63) is 0 Å². The van der Waals surface area contributed by atoms with Gasteiger partial charge in [0.05, 0.1) is 0 Å². The minimum atomic E-state index is -0.605. The predicted octanol–water partition coefficient (Wildman–Crippen LogP) is 0.961. The highest BCUT2D eigenvalue weighted by Crippen LogP contribution is 2.38. The summed E-state index contributed by atoms with van der Waals surface area (Å²) in [5.74, 6) is 5.39. The number of aliphatic hydroxyl groups excluding tert-OH is 1. The molecule has 0 aromatic carbocycles. The van der Waals surface area contributed by atoms with Gasteiger partial charge in [0.1, 0.15) is 12.1 Å². The van der Waals surface area contributed by atoms with Gasteiger partial charge in [-0.05, 0) is 33.6 Å². The van der Waals surface area contributed by atoms with Crippen LogP contribution < -0.4 is 0 Å². The summed E-state index contributed by atoms with van der Waals surface area (Å²) in [4.78, 5) is 0. The Balaban J connectivity index is 2.84. The van der Waals surface area contributed by atoms with Gasteiger partial charge in [0.25, 0.3) is 0 Å². The van der Waals surface area contributed by atoms with Crippen molar-refractivity contribution < 1.29 is 10.3 Å². The Morgan fingerprint density at radius 3 is 2.38 bits per heavy atom. The molecule has 1 aliphatic rings. The molecule has 0 spiro atoms. The van der Waals surface area contributed by atoms with Crippen LogP contribution in [0.3, 0.4) is 0 Å². The SMILES string of the molecule is CC1(C)CCC(C)(C#CCO)N1[O]. The first-order chi connectivity index (χ1) is 5.92. The molecule has 1 N–H and O–H groups in total. The van der Waals surface area contributed by atoms with Crippen LogP contribution in [0.2, 0.25) is 0 Å². The fourth-order valence-corrected chi connectivity index (χ4v) is 1.76. The molecule has 1 radical (unpaired) electrons. The maximum atomic E-state index is 11.8. The van der Waals surface area contributed by atoms with E-state index < -0.39 is 5.54 Å². The lowest BCUT2D eigenvalue weighted by molar-refractivity contribution is -0.234. The summed E-state index contributed by atoms with van der Waals surface area (Å²) < 4.78 is 0. The van der Waals surface area contributed by atoms with Crippen LogP contribution in [0, 0.1) is 11.8 Å². The largest absolute Gasteiger partial charge is 0.384 e. The van der Waals surface area contributed by atoms with Crippen molar-refractivity contribution >= 4 is 0 Å². The van der Waals surface area contributed by atoms with E-state index in [1.165, 1.54) is 0 Å². The first kappa shape index (κ1) is 10.5. The predicted molar refractivity (Wildman–Crippen MR) is 49.1 cm³/mol. The second-order valence-electron chi connectivity index (χ2n) is 4.34. The number of rotatable bonds is 0. The van der Waals surface area contributed by atoms with Crippen LogP contribution >= 0.6 is 0 Å². The third-order valence-corrected chi connectivity index (χ3v) is 2.66. The van der Waals surface area contributed by atoms with Gasteiger partial charge in [-0.15, -0.1) is 10.3 Å². The van der Waals surface area contributed by atoms with Gasteiger partial charge in [-0.25, -0.2) is 0 Å². The highest BCUT2D eigenvalue weighted by molar-refractivity contribution is 5.20. The minimum absolute atomic E-state index is 0.177. The molecule has 73 valence electrons. The van der Waals surface area contributed by atoms with E-state index in [0.717, 1.165) is 17.9 Å². The van der Waals surface area contributed by atoms with Gasteiger partial charge in [-0.3, -0.25) is 0 Å². The minimum Gasteiger partial charge on any atom is -0.384 e. The molecule has 1 rings (SSSR count). The summed E-state index contributed by atoms with van der Waals surface area (Å²) in [6.07, 6.45) is 1.63. The number of aliphatic hydroxyl groups is 1. The number of hydrogen-bond donors (Lipinski definition) is 1. The molecule has 1 aliphatic heterocycles. The summed E-state index contributed by atoms with van der Waals surface area (Å²) in [6.45, 7) is 5.50. The monoisotopic (exact) mass is 182 g/mol. The molecular formula is C10H16NO2. The van der Waals surface area contributed by atoms with E-state index in [0.29, 0.717) is 0 Å². The van der Waals surface area contributed by atoms with Gasteiger partial charge >= 0.3 is 0 Å². The zero-order chi connectivity index (χ0) is 10.1. The Morgan fingerprint density at radius 2 is 2.00 bits per heavy atom. The van der Waals surface area contributed by atoms with Crippen LogP contribution in [0.25, 0.3) is 0 Å². The molecule has 0 aromatic rings. The zero-order valence-corrected chi connectivity index (χ0v) is 8.42. The molecule has 1 atom stereocenters. The van der Waals surface area contributed by atoms with Crippen molar-refractivity contribution in [1.82, 2.24) is 5.06 Å². The van der Waals surface area contributed by atoms with E-state index in [1.807, 2.05) is 20.8 Å². The standard InChI is InChI=1S/C10H16NO2/c1-9(2)6-7-10(3,11(9)13)5-4-8-12/h12H,6-8H2,1-3H3. The van der Waals surface area contributed by atoms with Crippen LogP contribution in [0.5, 0.6) is 0 Å². The van der Waals surface area contributed by atoms with Crippen molar-refractivity contribution in [3.63, 3.8) is 0 Å². The molecule has 0 bridgehead atoms. The van der Waals surface area contributed by atoms with Gasteiger partial charge in [-0.2, -0.15) is 0 Å². The summed E-state index contributed by atoms with van der Waals surface area (Å²) >= 11 is 0. The quantitative estimate of drug-likeness (QED) is 0.567. The van der Waals surface area contributed by atoms with E-state index in [1.54, 1.807) is 0 Å². The Kier molecular flexibility index (Phi) is 2.67. The Hall–Kier alpha value is -0.560. The highest BCUT2D eigenvalue weighted by atomic mass is 16.5. The molecule has 3 heteroatoms. The molecular weight excluding hydrogens is 166 g/mol. The van der Waals surface area contributed by atoms with Crippen LogP contribution in [0.1, 0.15) is 33.6 Å². The average Bonchev–Trinajstić information content (AvgIpc) is 2.28. The first-order valence-corrected chi connectivity index (χ1v) is 4.51. The lowest BCUT2D eigenvalue weighted by Gasteiger charge is -2.30. The van der Waals surface area contributed by atoms with Gasteiger partial charge in [0, 0.05) is 5.54 Å². The second-order valence-corrected chi connectivity index (χ2v) is 4.34. The van der Waals surface area contributed by atoms with Crippen molar-refractivity contribution in [1.29, 1.82) is 0 Å². The Bertz CT molecular complexity index is 251. The zero-order valence-electron chi connectivity index (χ0n) is 8.42. The summed E-state index contributed by atoms with van der Waals surface area (Å²) in [7, 11) is 0. The summed E-state index contributed by atoms with van der Waals surface area (Å²) in [5, 5.41) is 21.4. The van der Waals surface area contributed by atoms with E-state index >= 15 is 0 Å². The van der Waals surface area contributed by atoms with E-state index in [2.05, 4.69) is 11.8 Å². The third-order valence-electron chi connectivity index (χ3n) is 2.66. The van der Waals surface area contributed by atoms with E-state index in [4.69, 9.17) is 5.11 Å². The van der Waals surface area contributed by atoms with Crippen molar-refractivity contribution in [3.8, 4) is 11.8 Å². The van der Waals surface area contributed by atoms with Crippen LogP contribution in [0.4, 0.5) is 0 Å². The lowest BCUT2D eigenvalue weighted by atomic mass is 10.00. The number of hydroxylamine groups is 2. The van der Waals surface area contributed by atoms with Crippen LogP contribution in [-0.4, -0.2) is 27.9 Å². The molecule has 0 aliphatic carbocycles. The molecule has 3 nitrogen and oxygen atoms in total. The van der Waals surface area contributed by atoms with Gasteiger partial charge in [-0.1, -0.05) is 11.8 Å². The Labute approximate surface area is 79.3 Å². The molecule has 1 saturated heterocycles. The third kappa shape index (κ3) is 1.86. The number of hydrogen-bond acceptors (Lipinski definition) is 2. The van der Waals surface area contributed by atoms with Crippen LogP contribution in [-0.2, 0) is 5.21 Å². The van der Waals surface area contributed by atoms with E-state index in [9.17, 15) is 5.21 Å². The molecule has 0 amide bonds. The Morgan fingerprint density at radius 1 is 1.38 bits per heavy atom. The summed E-state index contributed by atoms with van der Waals surface area (Å²) in [5.41, 5.74) is -0.925.